The Hall–Kier alpha value is -2.68. The SMILES string of the molecule is COc1ccc(N2C[C@H](C(=O)Nc3nncs3)CC2=O)c(OC)c1. The molecule has 24 heavy (non-hydrogen) atoms. The van der Waals surface area contributed by atoms with Crippen molar-refractivity contribution in [1.29, 1.82) is 0 Å². The number of aromatic nitrogens is 2. The zero-order chi connectivity index (χ0) is 17.1. The van der Waals surface area contributed by atoms with Crippen LogP contribution in [0.3, 0.4) is 0 Å². The first-order valence-electron chi connectivity index (χ1n) is 7.21. The van der Waals surface area contributed by atoms with Crippen LogP contribution in [0.5, 0.6) is 11.5 Å². The van der Waals surface area contributed by atoms with Crippen LogP contribution < -0.4 is 19.7 Å². The summed E-state index contributed by atoms with van der Waals surface area (Å²) in [7, 11) is 3.09. The van der Waals surface area contributed by atoms with Crippen molar-refractivity contribution in [2.75, 3.05) is 31.0 Å². The molecule has 0 unspecified atom stereocenters. The van der Waals surface area contributed by atoms with E-state index >= 15 is 0 Å². The molecule has 9 heteroatoms. The molecular weight excluding hydrogens is 332 g/mol. The van der Waals surface area contributed by atoms with Crippen molar-refractivity contribution in [2.45, 2.75) is 6.42 Å². The van der Waals surface area contributed by atoms with Crippen LogP contribution in [0.2, 0.25) is 0 Å². The van der Waals surface area contributed by atoms with Gasteiger partial charge in [-0.25, -0.2) is 0 Å². The number of methoxy groups -OCH3 is 2. The van der Waals surface area contributed by atoms with Gasteiger partial charge in [-0.15, -0.1) is 10.2 Å². The van der Waals surface area contributed by atoms with E-state index in [-0.39, 0.29) is 24.8 Å². The molecule has 1 aliphatic heterocycles. The molecule has 1 aliphatic rings. The quantitative estimate of drug-likeness (QED) is 0.881. The average Bonchev–Trinajstić information content (AvgIpc) is 3.23. The van der Waals surface area contributed by atoms with E-state index in [1.165, 1.54) is 24.0 Å². The van der Waals surface area contributed by atoms with E-state index in [9.17, 15) is 9.59 Å². The van der Waals surface area contributed by atoms with Crippen molar-refractivity contribution in [1.82, 2.24) is 10.2 Å². The fourth-order valence-corrected chi connectivity index (χ4v) is 3.01. The van der Waals surface area contributed by atoms with Crippen LogP contribution in [0.4, 0.5) is 10.8 Å². The summed E-state index contributed by atoms with van der Waals surface area (Å²) in [5.41, 5.74) is 2.15. The molecule has 2 heterocycles. The maximum Gasteiger partial charge on any atom is 0.231 e. The predicted octanol–water partition coefficient (Wildman–Crippen LogP) is 1.55. The Kier molecular flexibility index (Phi) is 4.61. The molecule has 0 bridgehead atoms. The third kappa shape index (κ3) is 3.16. The monoisotopic (exact) mass is 348 g/mol. The van der Waals surface area contributed by atoms with Crippen molar-refractivity contribution < 1.29 is 19.1 Å². The van der Waals surface area contributed by atoms with Gasteiger partial charge in [0.15, 0.2) is 0 Å². The Balaban J connectivity index is 1.76. The number of carbonyl (C=O) groups is 2. The fraction of sp³-hybridized carbons (Fsp3) is 0.333. The van der Waals surface area contributed by atoms with E-state index in [0.29, 0.717) is 22.3 Å². The van der Waals surface area contributed by atoms with Gasteiger partial charge in [-0.05, 0) is 12.1 Å². The van der Waals surface area contributed by atoms with E-state index in [1.54, 1.807) is 30.2 Å². The van der Waals surface area contributed by atoms with Crippen LogP contribution in [-0.2, 0) is 9.59 Å². The highest BCUT2D eigenvalue weighted by molar-refractivity contribution is 7.13. The minimum Gasteiger partial charge on any atom is -0.497 e. The first kappa shape index (κ1) is 16.2. The van der Waals surface area contributed by atoms with E-state index in [0.717, 1.165) is 0 Å². The van der Waals surface area contributed by atoms with Crippen molar-refractivity contribution in [2.24, 2.45) is 5.92 Å². The molecule has 1 aromatic carbocycles. The van der Waals surface area contributed by atoms with Crippen LogP contribution in [0.1, 0.15) is 6.42 Å². The van der Waals surface area contributed by atoms with Gasteiger partial charge in [-0.1, -0.05) is 11.3 Å². The number of nitrogens with zero attached hydrogens (tertiary/aromatic N) is 3. The lowest BCUT2D eigenvalue weighted by Crippen LogP contribution is -2.28. The minimum atomic E-state index is -0.451. The van der Waals surface area contributed by atoms with Crippen LogP contribution in [0.15, 0.2) is 23.7 Å². The van der Waals surface area contributed by atoms with E-state index in [4.69, 9.17) is 9.47 Å². The van der Waals surface area contributed by atoms with Gasteiger partial charge >= 0.3 is 0 Å². The van der Waals surface area contributed by atoms with E-state index in [2.05, 4.69) is 15.5 Å². The molecule has 0 aliphatic carbocycles. The average molecular weight is 348 g/mol. The predicted molar refractivity (Wildman–Crippen MR) is 88.5 cm³/mol. The third-order valence-electron chi connectivity index (χ3n) is 3.76. The smallest absolute Gasteiger partial charge is 0.231 e. The first-order chi connectivity index (χ1) is 11.6. The van der Waals surface area contributed by atoms with Crippen LogP contribution >= 0.6 is 11.3 Å². The number of ether oxygens (including phenoxy) is 2. The number of benzene rings is 1. The molecule has 3 rings (SSSR count). The number of hydrogen-bond donors (Lipinski definition) is 1. The topological polar surface area (TPSA) is 93.6 Å². The van der Waals surface area contributed by atoms with Crippen molar-refractivity contribution >= 4 is 34.0 Å². The van der Waals surface area contributed by atoms with Gasteiger partial charge in [0.1, 0.15) is 17.0 Å². The molecular formula is C15H16N4O4S. The molecule has 2 amide bonds. The molecule has 1 fully saturated rings. The maximum absolute atomic E-state index is 12.3. The van der Waals surface area contributed by atoms with Crippen LogP contribution in [-0.4, -0.2) is 42.8 Å². The van der Waals surface area contributed by atoms with Crippen LogP contribution in [0.25, 0.3) is 0 Å². The van der Waals surface area contributed by atoms with Gasteiger partial charge in [0, 0.05) is 19.0 Å². The lowest BCUT2D eigenvalue weighted by atomic mass is 10.1. The summed E-state index contributed by atoms with van der Waals surface area (Å²) in [5, 5.41) is 10.5. The zero-order valence-electron chi connectivity index (χ0n) is 13.2. The highest BCUT2D eigenvalue weighted by atomic mass is 32.1. The Bertz CT molecular complexity index is 750. The number of rotatable bonds is 5. The lowest BCUT2D eigenvalue weighted by Gasteiger charge is -2.20. The molecule has 126 valence electrons. The molecule has 1 N–H and O–H groups in total. The number of carbonyl (C=O) groups excluding carboxylic acids is 2. The van der Waals surface area contributed by atoms with Gasteiger partial charge in [0.05, 0.1) is 25.8 Å². The van der Waals surface area contributed by atoms with Crippen molar-refractivity contribution in [3.63, 3.8) is 0 Å². The Morgan fingerprint density at radius 1 is 1.38 bits per heavy atom. The molecule has 0 saturated carbocycles. The summed E-state index contributed by atoms with van der Waals surface area (Å²) in [5.74, 6) is 0.333. The number of anilines is 2. The van der Waals surface area contributed by atoms with Crippen molar-refractivity contribution in [3.05, 3.63) is 23.7 Å². The summed E-state index contributed by atoms with van der Waals surface area (Å²) in [6.45, 7) is 0.284. The number of hydrogen-bond acceptors (Lipinski definition) is 7. The van der Waals surface area contributed by atoms with Gasteiger partial charge in [-0.3, -0.25) is 9.59 Å². The molecule has 1 saturated heterocycles. The summed E-state index contributed by atoms with van der Waals surface area (Å²) in [4.78, 5) is 26.2. The second-order valence-electron chi connectivity index (χ2n) is 5.18. The summed E-state index contributed by atoms with van der Waals surface area (Å²) < 4.78 is 10.5. The highest BCUT2D eigenvalue weighted by Gasteiger charge is 2.36. The fourth-order valence-electron chi connectivity index (χ4n) is 2.56. The normalized spacial score (nSPS) is 17.0. The first-order valence-corrected chi connectivity index (χ1v) is 8.09. The molecule has 1 atom stereocenters. The molecule has 2 aromatic rings. The summed E-state index contributed by atoms with van der Waals surface area (Å²) in [6, 6.07) is 5.21. The van der Waals surface area contributed by atoms with E-state index < -0.39 is 5.92 Å². The van der Waals surface area contributed by atoms with Crippen molar-refractivity contribution in [3.8, 4) is 11.5 Å². The Labute approximate surface area is 142 Å². The van der Waals surface area contributed by atoms with Gasteiger partial charge < -0.3 is 19.7 Å². The zero-order valence-corrected chi connectivity index (χ0v) is 14.0. The molecule has 0 spiro atoms. The second kappa shape index (κ2) is 6.83. The Morgan fingerprint density at radius 2 is 2.21 bits per heavy atom. The third-order valence-corrected chi connectivity index (χ3v) is 4.37. The van der Waals surface area contributed by atoms with Gasteiger partial charge in [0.2, 0.25) is 16.9 Å². The second-order valence-corrected chi connectivity index (χ2v) is 6.01. The largest absolute Gasteiger partial charge is 0.497 e. The van der Waals surface area contributed by atoms with Gasteiger partial charge in [-0.2, -0.15) is 0 Å². The minimum absolute atomic E-state index is 0.129. The molecule has 1 aromatic heterocycles. The molecule has 8 nitrogen and oxygen atoms in total. The number of amides is 2. The standard InChI is InChI=1S/C15H16N4O4S/c1-22-10-3-4-11(12(6-10)23-2)19-7-9(5-13(19)20)14(21)17-15-18-16-8-24-15/h3-4,6,8-9H,5,7H2,1-2H3,(H,17,18,21)/t9-/m1/s1. The molecule has 0 radical (unpaired) electrons. The lowest BCUT2D eigenvalue weighted by molar-refractivity contribution is -0.122. The van der Waals surface area contributed by atoms with Gasteiger partial charge in [0.25, 0.3) is 0 Å². The summed E-state index contributed by atoms with van der Waals surface area (Å²) in [6.07, 6.45) is 0.139. The van der Waals surface area contributed by atoms with Crippen LogP contribution in [0, 0.1) is 5.92 Å². The highest BCUT2D eigenvalue weighted by Crippen LogP contribution is 2.36. The Morgan fingerprint density at radius 3 is 2.88 bits per heavy atom. The van der Waals surface area contributed by atoms with E-state index in [1.807, 2.05) is 0 Å². The maximum atomic E-state index is 12.3. The number of nitrogens with one attached hydrogen (secondary N) is 1. The summed E-state index contributed by atoms with van der Waals surface area (Å²) >= 11 is 1.23.